The van der Waals surface area contributed by atoms with Crippen molar-refractivity contribution in [3.8, 4) is 0 Å². The number of nitrogens with one attached hydrogen (secondary N) is 1. The molecule has 0 aliphatic carbocycles. The van der Waals surface area contributed by atoms with E-state index in [2.05, 4.69) is 11.4 Å². The highest BCUT2D eigenvalue weighted by molar-refractivity contribution is 4.77. The zero-order chi connectivity index (χ0) is 8.53. The fourth-order valence-corrected chi connectivity index (χ4v) is 0.685. The summed E-state index contributed by atoms with van der Waals surface area (Å²) in [5.74, 6) is 0. The van der Waals surface area contributed by atoms with Gasteiger partial charge in [0.2, 0.25) is 0 Å². The summed E-state index contributed by atoms with van der Waals surface area (Å²) in [6.45, 7) is 3.12. The summed E-state index contributed by atoms with van der Waals surface area (Å²) >= 11 is 0. The van der Waals surface area contributed by atoms with Crippen LogP contribution in [0.5, 0.6) is 0 Å². The van der Waals surface area contributed by atoms with Gasteiger partial charge in [0.05, 0.1) is 12.7 Å². The SMILES string of the molecule is C/C=C/CCNC[C@H](O)CO. The van der Waals surface area contributed by atoms with Gasteiger partial charge in [0.1, 0.15) is 0 Å². The summed E-state index contributed by atoms with van der Waals surface area (Å²) < 4.78 is 0. The third kappa shape index (κ3) is 7.52. The maximum atomic E-state index is 8.88. The molecule has 0 aliphatic rings. The van der Waals surface area contributed by atoms with Crippen molar-refractivity contribution in [1.29, 1.82) is 0 Å². The summed E-state index contributed by atoms with van der Waals surface area (Å²) in [5, 5.41) is 20.3. The molecule has 0 bridgehead atoms. The zero-order valence-electron chi connectivity index (χ0n) is 6.95. The standard InChI is InChI=1S/C8H17NO2/c1-2-3-4-5-9-6-8(11)7-10/h2-3,8-11H,4-7H2,1H3/b3-2+/t8-/m0/s1. The Balaban J connectivity index is 3.01. The van der Waals surface area contributed by atoms with Crippen molar-refractivity contribution in [3.63, 3.8) is 0 Å². The molecule has 0 heterocycles. The Morgan fingerprint density at radius 3 is 2.82 bits per heavy atom. The van der Waals surface area contributed by atoms with Gasteiger partial charge in [-0.05, 0) is 19.9 Å². The Kier molecular flexibility index (Phi) is 7.46. The molecule has 0 spiro atoms. The van der Waals surface area contributed by atoms with Crippen molar-refractivity contribution in [1.82, 2.24) is 5.32 Å². The van der Waals surface area contributed by atoms with E-state index >= 15 is 0 Å². The molecule has 0 rings (SSSR count). The maximum Gasteiger partial charge on any atom is 0.0894 e. The Hall–Kier alpha value is -0.380. The van der Waals surface area contributed by atoms with Crippen LogP contribution in [0.4, 0.5) is 0 Å². The minimum Gasteiger partial charge on any atom is -0.394 e. The highest BCUT2D eigenvalue weighted by Crippen LogP contribution is 1.81. The van der Waals surface area contributed by atoms with Gasteiger partial charge in [-0.15, -0.1) is 0 Å². The van der Waals surface area contributed by atoms with Crippen molar-refractivity contribution in [3.05, 3.63) is 12.2 Å². The normalized spacial score (nSPS) is 14.1. The fourth-order valence-electron chi connectivity index (χ4n) is 0.685. The third-order valence-corrected chi connectivity index (χ3v) is 1.31. The quantitative estimate of drug-likeness (QED) is 0.374. The first-order chi connectivity index (χ1) is 5.31. The van der Waals surface area contributed by atoms with E-state index in [1.54, 1.807) is 0 Å². The first-order valence-corrected chi connectivity index (χ1v) is 3.92. The van der Waals surface area contributed by atoms with Crippen LogP contribution in [0.2, 0.25) is 0 Å². The monoisotopic (exact) mass is 159 g/mol. The highest BCUT2D eigenvalue weighted by atomic mass is 16.3. The number of aliphatic hydroxyl groups excluding tert-OH is 2. The molecule has 0 radical (unpaired) electrons. The molecule has 3 heteroatoms. The zero-order valence-corrected chi connectivity index (χ0v) is 6.95. The lowest BCUT2D eigenvalue weighted by Gasteiger charge is -2.06. The van der Waals surface area contributed by atoms with Crippen LogP contribution in [-0.2, 0) is 0 Å². The van der Waals surface area contributed by atoms with E-state index in [-0.39, 0.29) is 6.61 Å². The molecule has 0 saturated heterocycles. The largest absolute Gasteiger partial charge is 0.394 e. The lowest BCUT2D eigenvalue weighted by Crippen LogP contribution is -2.29. The Morgan fingerprint density at radius 1 is 1.55 bits per heavy atom. The Morgan fingerprint density at radius 2 is 2.27 bits per heavy atom. The first-order valence-electron chi connectivity index (χ1n) is 3.92. The van der Waals surface area contributed by atoms with Crippen molar-refractivity contribution < 1.29 is 10.2 Å². The molecule has 0 amide bonds. The van der Waals surface area contributed by atoms with E-state index in [1.807, 2.05) is 13.0 Å². The Labute approximate surface area is 67.7 Å². The lowest BCUT2D eigenvalue weighted by molar-refractivity contribution is 0.0947. The van der Waals surface area contributed by atoms with E-state index in [4.69, 9.17) is 10.2 Å². The smallest absolute Gasteiger partial charge is 0.0894 e. The predicted molar refractivity (Wildman–Crippen MR) is 45.4 cm³/mol. The van der Waals surface area contributed by atoms with Crippen molar-refractivity contribution in [2.24, 2.45) is 0 Å². The van der Waals surface area contributed by atoms with Gasteiger partial charge in [-0.1, -0.05) is 12.2 Å². The summed E-state index contributed by atoms with van der Waals surface area (Å²) in [6, 6.07) is 0. The van der Waals surface area contributed by atoms with Crippen LogP contribution in [-0.4, -0.2) is 36.0 Å². The van der Waals surface area contributed by atoms with Gasteiger partial charge in [0.15, 0.2) is 0 Å². The maximum absolute atomic E-state index is 8.88. The molecule has 0 aromatic rings. The fraction of sp³-hybridized carbons (Fsp3) is 0.750. The summed E-state index contributed by atoms with van der Waals surface area (Å²) in [6.07, 6.45) is 4.39. The topological polar surface area (TPSA) is 52.5 Å². The number of hydrogen-bond donors (Lipinski definition) is 3. The predicted octanol–water partition coefficient (Wildman–Crippen LogP) is -0.105. The molecule has 3 N–H and O–H groups in total. The van der Waals surface area contributed by atoms with Crippen molar-refractivity contribution in [2.45, 2.75) is 19.4 Å². The summed E-state index contributed by atoms with van der Waals surface area (Å²) in [4.78, 5) is 0. The molecular weight excluding hydrogens is 142 g/mol. The van der Waals surface area contributed by atoms with Crippen LogP contribution < -0.4 is 5.32 Å². The average molecular weight is 159 g/mol. The first kappa shape index (κ1) is 10.6. The van der Waals surface area contributed by atoms with E-state index in [9.17, 15) is 0 Å². The van der Waals surface area contributed by atoms with Gasteiger partial charge in [-0.3, -0.25) is 0 Å². The van der Waals surface area contributed by atoms with Gasteiger partial charge >= 0.3 is 0 Å². The summed E-state index contributed by atoms with van der Waals surface area (Å²) in [7, 11) is 0. The second-order valence-corrected chi connectivity index (χ2v) is 2.40. The molecule has 0 unspecified atom stereocenters. The number of hydrogen-bond acceptors (Lipinski definition) is 3. The third-order valence-electron chi connectivity index (χ3n) is 1.31. The van der Waals surface area contributed by atoms with Crippen LogP contribution in [0.3, 0.4) is 0 Å². The lowest BCUT2D eigenvalue weighted by atomic mass is 10.3. The van der Waals surface area contributed by atoms with E-state index in [1.165, 1.54) is 0 Å². The van der Waals surface area contributed by atoms with Gasteiger partial charge in [0.25, 0.3) is 0 Å². The van der Waals surface area contributed by atoms with Gasteiger partial charge < -0.3 is 15.5 Å². The summed E-state index contributed by atoms with van der Waals surface area (Å²) in [5.41, 5.74) is 0. The molecule has 0 aromatic heterocycles. The van der Waals surface area contributed by atoms with E-state index in [0.29, 0.717) is 6.54 Å². The molecule has 0 saturated carbocycles. The molecule has 0 aliphatic heterocycles. The van der Waals surface area contributed by atoms with Gasteiger partial charge in [-0.25, -0.2) is 0 Å². The molecule has 0 aromatic carbocycles. The van der Waals surface area contributed by atoms with Crippen molar-refractivity contribution in [2.75, 3.05) is 19.7 Å². The highest BCUT2D eigenvalue weighted by Gasteiger charge is 1.98. The molecule has 0 fully saturated rings. The number of rotatable bonds is 6. The molecule has 3 nitrogen and oxygen atoms in total. The van der Waals surface area contributed by atoms with Crippen LogP contribution >= 0.6 is 0 Å². The average Bonchev–Trinajstić information content (AvgIpc) is 2.04. The van der Waals surface area contributed by atoms with Crippen LogP contribution in [0.15, 0.2) is 12.2 Å². The van der Waals surface area contributed by atoms with Gasteiger partial charge in [-0.2, -0.15) is 0 Å². The Bertz CT molecular complexity index is 104. The second kappa shape index (κ2) is 7.72. The van der Waals surface area contributed by atoms with E-state index < -0.39 is 6.10 Å². The number of allylic oxidation sites excluding steroid dienone is 1. The van der Waals surface area contributed by atoms with Crippen LogP contribution in [0, 0.1) is 0 Å². The molecular formula is C8H17NO2. The molecule has 66 valence electrons. The molecule has 1 atom stereocenters. The minimum absolute atomic E-state index is 0.170. The van der Waals surface area contributed by atoms with Crippen molar-refractivity contribution >= 4 is 0 Å². The van der Waals surface area contributed by atoms with Gasteiger partial charge in [0, 0.05) is 6.54 Å². The van der Waals surface area contributed by atoms with E-state index in [0.717, 1.165) is 13.0 Å². The van der Waals surface area contributed by atoms with Crippen LogP contribution in [0.25, 0.3) is 0 Å². The minimum atomic E-state index is -0.624. The number of aliphatic hydroxyl groups is 2. The molecule has 11 heavy (non-hydrogen) atoms. The van der Waals surface area contributed by atoms with Crippen LogP contribution in [0.1, 0.15) is 13.3 Å². The second-order valence-electron chi connectivity index (χ2n) is 2.40.